The molecule has 1 fully saturated rings. The van der Waals surface area contributed by atoms with Gasteiger partial charge in [0.05, 0.1) is 6.26 Å². The smallest absolute Gasteiger partial charge is 0.209 e. The van der Waals surface area contributed by atoms with Crippen LogP contribution in [-0.2, 0) is 29.5 Å². The first kappa shape index (κ1) is 23.7. The van der Waals surface area contributed by atoms with E-state index in [0.29, 0.717) is 0 Å². The summed E-state index contributed by atoms with van der Waals surface area (Å²) < 4.78 is 24.3. The van der Waals surface area contributed by atoms with E-state index in [0.717, 1.165) is 25.7 Å². The molecule has 140 valence electrons. The van der Waals surface area contributed by atoms with E-state index in [1.54, 1.807) is 0 Å². The summed E-state index contributed by atoms with van der Waals surface area (Å²) in [4.78, 5) is 0. The summed E-state index contributed by atoms with van der Waals surface area (Å²) in [5, 5.41) is 0. The van der Waals surface area contributed by atoms with E-state index in [-0.39, 0.29) is 31.6 Å². The SMILES string of the molecule is CS(=O)(=O)N[C@H]1CCCC[C@@H]1N.Cc1cc(C)c(C)c(C)c1C.[Ru]. The van der Waals surface area contributed by atoms with Gasteiger partial charge in [0, 0.05) is 31.6 Å². The predicted molar refractivity (Wildman–Crippen MR) is 98.3 cm³/mol. The molecule has 0 bridgehead atoms. The topological polar surface area (TPSA) is 72.2 Å². The first-order chi connectivity index (χ1) is 10.5. The quantitative estimate of drug-likeness (QED) is 0.693. The Kier molecular flexibility index (Phi) is 9.89. The van der Waals surface area contributed by atoms with Gasteiger partial charge in [-0.05, 0) is 75.3 Å². The van der Waals surface area contributed by atoms with Crippen LogP contribution in [-0.4, -0.2) is 26.8 Å². The summed E-state index contributed by atoms with van der Waals surface area (Å²) >= 11 is 0. The van der Waals surface area contributed by atoms with Gasteiger partial charge < -0.3 is 5.73 Å². The van der Waals surface area contributed by atoms with Crippen molar-refractivity contribution in [3.8, 4) is 0 Å². The van der Waals surface area contributed by atoms with Gasteiger partial charge in [0.25, 0.3) is 0 Å². The molecule has 4 nitrogen and oxygen atoms in total. The van der Waals surface area contributed by atoms with Gasteiger partial charge >= 0.3 is 0 Å². The van der Waals surface area contributed by atoms with Crippen LogP contribution < -0.4 is 10.5 Å². The van der Waals surface area contributed by atoms with Crippen LogP contribution in [0.4, 0.5) is 0 Å². The molecule has 0 unspecified atom stereocenters. The third-order valence-corrected chi connectivity index (χ3v) is 5.66. The molecule has 1 saturated carbocycles. The van der Waals surface area contributed by atoms with E-state index in [2.05, 4.69) is 45.4 Å². The first-order valence-electron chi connectivity index (χ1n) is 8.29. The van der Waals surface area contributed by atoms with Gasteiger partial charge in [-0.2, -0.15) is 0 Å². The van der Waals surface area contributed by atoms with E-state index in [1.165, 1.54) is 34.1 Å². The Morgan fingerprint density at radius 2 is 1.42 bits per heavy atom. The Morgan fingerprint density at radius 1 is 0.958 bits per heavy atom. The molecule has 0 aromatic heterocycles. The molecular weight excluding hydrogens is 409 g/mol. The maximum Gasteiger partial charge on any atom is 0.209 e. The molecule has 0 radical (unpaired) electrons. The summed E-state index contributed by atoms with van der Waals surface area (Å²) in [6, 6.07) is 2.21. The van der Waals surface area contributed by atoms with Crippen LogP contribution >= 0.6 is 0 Å². The third kappa shape index (κ3) is 7.30. The zero-order valence-corrected chi connectivity index (χ0v) is 18.3. The van der Waals surface area contributed by atoms with Gasteiger partial charge in [0.1, 0.15) is 0 Å². The van der Waals surface area contributed by atoms with Crippen molar-refractivity contribution in [3.63, 3.8) is 0 Å². The molecule has 0 heterocycles. The van der Waals surface area contributed by atoms with Crippen molar-refractivity contribution < 1.29 is 27.9 Å². The normalized spacial score (nSPS) is 20.6. The van der Waals surface area contributed by atoms with E-state index in [1.807, 2.05) is 0 Å². The monoisotopic (exact) mass is 442 g/mol. The molecule has 1 aromatic rings. The van der Waals surface area contributed by atoms with Crippen LogP contribution in [0.25, 0.3) is 0 Å². The molecule has 0 spiro atoms. The number of sulfonamides is 1. The summed E-state index contributed by atoms with van der Waals surface area (Å²) in [5.74, 6) is 0. The molecule has 1 aliphatic carbocycles. The number of nitrogens with one attached hydrogen (secondary N) is 1. The molecule has 0 amide bonds. The van der Waals surface area contributed by atoms with Gasteiger partial charge in [-0.15, -0.1) is 0 Å². The van der Waals surface area contributed by atoms with Crippen LogP contribution in [0.15, 0.2) is 6.07 Å². The fraction of sp³-hybridized carbons (Fsp3) is 0.667. The average molecular weight is 442 g/mol. The van der Waals surface area contributed by atoms with Crippen molar-refractivity contribution in [2.75, 3.05) is 6.26 Å². The summed E-state index contributed by atoms with van der Waals surface area (Å²) in [6.45, 7) is 10.9. The van der Waals surface area contributed by atoms with Crippen LogP contribution in [0.5, 0.6) is 0 Å². The van der Waals surface area contributed by atoms with E-state index < -0.39 is 10.0 Å². The fourth-order valence-corrected chi connectivity index (χ4v) is 3.84. The van der Waals surface area contributed by atoms with E-state index in [4.69, 9.17) is 5.73 Å². The largest absolute Gasteiger partial charge is 0.326 e. The Bertz CT molecular complexity index is 619. The van der Waals surface area contributed by atoms with Gasteiger partial charge in [0.2, 0.25) is 10.0 Å². The number of benzene rings is 1. The number of aryl methyl sites for hydroxylation is 2. The second-order valence-corrected chi connectivity index (χ2v) is 8.61. The van der Waals surface area contributed by atoms with Crippen LogP contribution in [0, 0.1) is 34.6 Å². The van der Waals surface area contributed by atoms with Gasteiger partial charge in [-0.1, -0.05) is 18.9 Å². The predicted octanol–water partition coefficient (Wildman–Crippen LogP) is 3.03. The summed E-state index contributed by atoms with van der Waals surface area (Å²) in [5.41, 5.74) is 12.9. The maximum absolute atomic E-state index is 10.9. The maximum atomic E-state index is 10.9. The average Bonchev–Trinajstić information content (AvgIpc) is 2.45. The number of rotatable bonds is 2. The molecule has 24 heavy (non-hydrogen) atoms. The van der Waals surface area contributed by atoms with Crippen molar-refractivity contribution in [2.24, 2.45) is 5.73 Å². The molecule has 2 atom stereocenters. The standard InChI is InChI=1S/C11H16.C7H16N2O2S.Ru/c1-7-6-8(2)10(4)11(5)9(7)3;1-12(10,11)9-7-5-3-2-4-6(7)8;/h6H,1-5H3;6-7,9H,2-5,8H2,1H3;/t;6-,7-;/m.0./s1. The number of hydrogen-bond acceptors (Lipinski definition) is 3. The van der Waals surface area contributed by atoms with E-state index >= 15 is 0 Å². The molecule has 3 N–H and O–H groups in total. The Morgan fingerprint density at radius 3 is 1.83 bits per heavy atom. The molecule has 6 heteroatoms. The fourth-order valence-electron chi connectivity index (χ4n) is 2.99. The Labute approximate surface area is 160 Å². The van der Waals surface area contributed by atoms with Gasteiger partial charge in [-0.3, -0.25) is 0 Å². The van der Waals surface area contributed by atoms with Gasteiger partial charge in [-0.25, -0.2) is 13.1 Å². The van der Waals surface area contributed by atoms with Crippen molar-refractivity contribution in [1.82, 2.24) is 4.72 Å². The van der Waals surface area contributed by atoms with Gasteiger partial charge in [0.15, 0.2) is 0 Å². The third-order valence-electron chi connectivity index (χ3n) is 4.93. The van der Waals surface area contributed by atoms with Crippen molar-refractivity contribution in [3.05, 3.63) is 33.9 Å². The number of nitrogens with two attached hydrogens (primary N) is 1. The zero-order chi connectivity index (χ0) is 17.8. The van der Waals surface area contributed by atoms with Crippen molar-refractivity contribution >= 4 is 10.0 Å². The van der Waals surface area contributed by atoms with E-state index in [9.17, 15) is 8.42 Å². The Hall–Kier alpha value is -0.287. The molecule has 1 aromatic carbocycles. The summed E-state index contributed by atoms with van der Waals surface area (Å²) in [7, 11) is -3.09. The van der Waals surface area contributed by atoms with Crippen LogP contribution in [0.3, 0.4) is 0 Å². The van der Waals surface area contributed by atoms with Crippen LogP contribution in [0.1, 0.15) is 53.5 Å². The minimum Gasteiger partial charge on any atom is -0.326 e. The second kappa shape index (κ2) is 10.0. The first-order valence-corrected chi connectivity index (χ1v) is 10.2. The van der Waals surface area contributed by atoms with Crippen LogP contribution in [0.2, 0.25) is 0 Å². The summed E-state index contributed by atoms with van der Waals surface area (Å²) in [6.07, 6.45) is 5.15. The minimum atomic E-state index is -3.09. The molecule has 1 aliphatic rings. The second-order valence-electron chi connectivity index (χ2n) is 6.83. The van der Waals surface area contributed by atoms with Crippen molar-refractivity contribution in [2.45, 2.75) is 72.4 Å². The molecular formula is C18H32N2O2RuS. The molecule has 0 saturated heterocycles. The minimum absolute atomic E-state index is 0. The molecule has 0 aliphatic heterocycles. The Balaban J connectivity index is 0.000000425. The number of hydrogen-bond donors (Lipinski definition) is 2. The van der Waals surface area contributed by atoms with Crippen molar-refractivity contribution in [1.29, 1.82) is 0 Å². The molecule has 2 rings (SSSR count). The zero-order valence-electron chi connectivity index (χ0n) is 15.7.